The molecular weight excluding hydrogens is 159 g/mol. The molecule has 0 aliphatic carbocycles. The fourth-order valence-electron chi connectivity index (χ4n) is 1.24. The molecule has 1 aliphatic rings. The second kappa shape index (κ2) is 2.37. The van der Waals surface area contributed by atoms with Crippen LogP contribution in [0.1, 0.15) is 0 Å². The average molecular weight is 168 g/mol. The van der Waals surface area contributed by atoms with Crippen molar-refractivity contribution in [2.45, 2.75) is 0 Å². The van der Waals surface area contributed by atoms with Gasteiger partial charge in [0, 0.05) is 17.7 Å². The van der Waals surface area contributed by atoms with Crippen LogP contribution in [-0.4, -0.2) is 17.7 Å². The minimum atomic E-state index is 0.343. The molecule has 1 aromatic rings. The van der Waals surface area contributed by atoms with E-state index in [0.29, 0.717) is 17.7 Å². The third-order valence-electron chi connectivity index (χ3n) is 1.73. The van der Waals surface area contributed by atoms with Crippen molar-refractivity contribution in [3.8, 4) is 0 Å². The quantitative estimate of drug-likeness (QED) is 0.337. The first kappa shape index (κ1) is 5.84. The zero-order valence-electron chi connectivity index (χ0n) is 5.22. The highest BCUT2D eigenvalue weighted by molar-refractivity contribution is 7.88. The maximum atomic E-state index is 2.34. The predicted molar refractivity (Wildman–Crippen MR) is 51.1 cm³/mol. The van der Waals surface area contributed by atoms with Crippen LogP contribution in [0.25, 0.3) is 0 Å². The molecule has 1 aromatic carbocycles. The summed E-state index contributed by atoms with van der Waals surface area (Å²) in [6.07, 6.45) is 0. The first-order chi connectivity index (χ1) is 4.47. The van der Waals surface area contributed by atoms with Gasteiger partial charge in [0.05, 0.1) is 0 Å². The van der Waals surface area contributed by atoms with E-state index >= 15 is 0 Å². The molecule has 0 radical (unpaired) electrons. The lowest BCUT2D eigenvalue weighted by Gasteiger charge is -1.93. The summed E-state index contributed by atoms with van der Waals surface area (Å²) < 4.78 is 0. The molecule has 3 heteroatoms. The lowest BCUT2D eigenvalue weighted by atomic mass is 10.4. The Kier molecular flexibility index (Phi) is 1.54. The Morgan fingerprint density at radius 2 is 2.11 bits per heavy atom. The van der Waals surface area contributed by atoms with Gasteiger partial charge in [-0.1, -0.05) is 29.5 Å². The Labute approximate surface area is 61.1 Å². The van der Waals surface area contributed by atoms with Gasteiger partial charge in [-0.25, -0.2) is 0 Å². The molecule has 0 nitrogen and oxygen atoms in total. The molecule has 1 aliphatic heterocycles. The molecule has 1 unspecified atom stereocenters. The van der Waals surface area contributed by atoms with Crippen LogP contribution in [0.4, 0.5) is 0 Å². The fraction of sp³-hybridized carbons (Fsp3) is 0. The van der Waals surface area contributed by atoms with Gasteiger partial charge in [0.1, 0.15) is 0 Å². The van der Waals surface area contributed by atoms with E-state index in [1.54, 1.807) is 10.5 Å². The minimum absolute atomic E-state index is 0.343. The van der Waals surface area contributed by atoms with Gasteiger partial charge in [0.15, 0.2) is 0 Å². The van der Waals surface area contributed by atoms with Crippen LogP contribution < -0.4 is 10.5 Å². The van der Waals surface area contributed by atoms with Gasteiger partial charge in [-0.3, -0.25) is 0 Å². The van der Waals surface area contributed by atoms with E-state index in [0.717, 1.165) is 0 Å². The molecule has 46 valence electrons. The van der Waals surface area contributed by atoms with E-state index in [4.69, 9.17) is 0 Å². The molecule has 0 spiro atoms. The Morgan fingerprint density at radius 1 is 1.22 bits per heavy atom. The zero-order chi connectivity index (χ0) is 6.10. The number of benzene rings is 1. The Hall–Kier alpha value is 0.0838. The molecule has 0 aromatic heterocycles. The summed E-state index contributed by atoms with van der Waals surface area (Å²) in [6.45, 7) is 0. The number of rotatable bonds is 0. The lowest BCUT2D eigenvalue weighted by Crippen LogP contribution is -2.20. The molecule has 0 fully saturated rings. The van der Waals surface area contributed by atoms with Crippen molar-refractivity contribution in [3.63, 3.8) is 0 Å². The van der Waals surface area contributed by atoms with E-state index < -0.39 is 0 Å². The summed E-state index contributed by atoms with van der Waals surface area (Å²) in [7, 11) is 2.08. The number of hydrogen-bond acceptors (Lipinski definition) is 0. The fourth-order valence-corrected chi connectivity index (χ4v) is 15.7. The molecule has 1 heterocycles. The Balaban J connectivity index is 2.54. The average Bonchev–Trinajstić information content (AvgIpc) is 2.33. The van der Waals surface area contributed by atoms with Gasteiger partial charge in [-0.05, 0) is 5.30 Å². The van der Waals surface area contributed by atoms with Crippen molar-refractivity contribution in [1.82, 2.24) is 0 Å². The van der Waals surface area contributed by atoms with E-state index in [9.17, 15) is 0 Å². The smallest absolute Gasteiger partial charge is 0.0485 e. The lowest BCUT2D eigenvalue weighted by molar-refractivity contribution is 1.83. The predicted octanol–water partition coefficient (Wildman–Crippen LogP) is -1.20. The summed E-state index contributed by atoms with van der Waals surface area (Å²) in [5.41, 5.74) is 0. The molecule has 0 N–H and O–H groups in total. The second-order valence-corrected chi connectivity index (χ2v) is 13.5. The minimum Gasteiger partial charge on any atom is -0.113 e. The van der Waals surface area contributed by atoms with E-state index in [-0.39, 0.29) is 0 Å². The normalized spacial score (nSPS) is 23.6. The first-order valence-corrected chi connectivity index (χ1v) is 11.3. The van der Waals surface area contributed by atoms with E-state index in [1.165, 1.54) is 8.13 Å². The van der Waals surface area contributed by atoms with Crippen LogP contribution in [0.5, 0.6) is 0 Å². The summed E-state index contributed by atoms with van der Waals surface area (Å²) in [4.78, 5) is 0. The van der Waals surface area contributed by atoms with Gasteiger partial charge < -0.3 is 0 Å². The molecule has 9 heavy (non-hydrogen) atoms. The summed E-state index contributed by atoms with van der Waals surface area (Å²) in [6, 6.07) is 9.03. The van der Waals surface area contributed by atoms with Gasteiger partial charge in [-0.2, -0.15) is 0 Å². The van der Waals surface area contributed by atoms with Crippen LogP contribution in [0.3, 0.4) is 0 Å². The molecular formula is C6H9PSi2. The van der Waals surface area contributed by atoms with Crippen LogP contribution in [0, 0.1) is 0 Å². The maximum Gasteiger partial charge on any atom is 0.0485 e. The van der Waals surface area contributed by atoms with Crippen molar-refractivity contribution in [3.05, 3.63) is 24.3 Å². The third kappa shape index (κ3) is 1.03. The van der Waals surface area contributed by atoms with Crippen molar-refractivity contribution >= 4 is 36.4 Å². The second-order valence-electron chi connectivity index (χ2n) is 2.33. The van der Waals surface area contributed by atoms with Crippen molar-refractivity contribution in [2.24, 2.45) is 0 Å². The van der Waals surface area contributed by atoms with Crippen molar-refractivity contribution < 1.29 is 0 Å². The van der Waals surface area contributed by atoms with E-state index in [1.807, 2.05) is 0 Å². The molecule has 1 atom stereocenters. The van der Waals surface area contributed by atoms with Crippen LogP contribution in [0.15, 0.2) is 24.3 Å². The number of fused-ring (bicyclic) bond motifs is 1. The monoisotopic (exact) mass is 168 g/mol. The highest BCUT2D eigenvalue weighted by Crippen LogP contribution is 2.08. The maximum absolute atomic E-state index is 2.34. The zero-order valence-corrected chi connectivity index (χ0v) is 9.05. The molecule has 2 rings (SSSR count). The molecule has 0 saturated carbocycles. The molecule has 0 bridgehead atoms. The van der Waals surface area contributed by atoms with Gasteiger partial charge >= 0.3 is 0 Å². The topological polar surface area (TPSA) is 0 Å². The summed E-state index contributed by atoms with van der Waals surface area (Å²) in [5.74, 6) is 0. The summed E-state index contributed by atoms with van der Waals surface area (Å²) >= 11 is 0. The van der Waals surface area contributed by atoms with Gasteiger partial charge in [0.2, 0.25) is 0 Å². The highest BCUT2D eigenvalue weighted by atomic mass is 31.4. The van der Waals surface area contributed by atoms with Gasteiger partial charge in [0.25, 0.3) is 0 Å². The van der Waals surface area contributed by atoms with E-state index in [2.05, 4.69) is 24.3 Å². The van der Waals surface area contributed by atoms with Crippen LogP contribution in [-0.2, 0) is 0 Å². The largest absolute Gasteiger partial charge is 0.113 e. The molecule has 0 saturated heterocycles. The third-order valence-corrected chi connectivity index (χ3v) is 13.4. The SMILES string of the molecule is c1ccc2c(c1)[SiH2][SiH2]P2. The molecule has 0 amide bonds. The first-order valence-electron chi connectivity index (χ1n) is 3.28. The standard InChI is InChI=1S/C6H9PSi2/c1-2-4-6-5(3-1)7-9-8-6/h1-4,7H,8-9H2. The van der Waals surface area contributed by atoms with Crippen molar-refractivity contribution in [2.75, 3.05) is 0 Å². The Bertz CT molecular complexity index is 201. The number of hydrogen-bond donors (Lipinski definition) is 0. The highest BCUT2D eigenvalue weighted by Gasteiger charge is 2.08. The van der Waals surface area contributed by atoms with Gasteiger partial charge in [-0.15, -0.1) is 8.13 Å². The Morgan fingerprint density at radius 3 is 3.00 bits per heavy atom. The van der Waals surface area contributed by atoms with Crippen LogP contribution in [0.2, 0.25) is 0 Å². The summed E-state index contributed by atoms with van der Waals surface area (Å²) in [5, 5.41) is 3.50. The van der Waals surface area contributed by atoms with Crippen LogP contribution >= 0.6 is 8.13 Å². The van der Waals surface area contributed by atoms with Crippen molar-refractivity contribution in [1.29, 1.82) is 0 Å².